The van der Waals surface area contributed by atoms with Crippen molar-refractivity contribution in [3.05, 3.63) is 46.7 Å². The first-order valence-corrected chi connectivity index (χ1v) is 5.07. The summed E-state index contributed by atoms with van der Waals surface area (Å²) in [6, 6.07) is 7.62. The Morgan fingerprint density at radius 1 is 1.40 bits per heavy atom. The number of benzene rings is 1. The van der Waals surface area contributed by atoms with Gasteiger partial charge in [0.05, 0.1) is 17.3 Å². The summed E-state index contributed by atoms with van der Waals surface area (Å²) in [4.78, 5) is 0. The van der Waals surface area contributed by atoms with Gasteiger partial charge in [0.15, 0.2) is 0 Å². The molecule has 2 aromatic rings. The molecule has 2 rings (SSSR count). The number of aromatic nitrogens is 2. The Hall–Kier alpha value is -1.48. The molecule has 0 saturated carbocycles. The second-order valence-corrected chi connectivity index (χ2v) is 3.89. The molecule has 0 atom stereocenters. The van der Waals surface area contributed by atoms with Gasteiger partial charge in [0.25, 0.3) is 0 Å². The highest BCUT2D eigenvalue weighted by molar-refractivity contribution is 6.33. The predicted octanol–water partition coefficient (Wildman–Crippen LogP) is 2.48. The van der Waals surface area contributed by atoms with Crippen LogP contribution in [0.25, 0.3) is 0 Å². The van der Waals surface area contributed by atoms with Crippen LogP contribution in [0.3, 0.4) is 0 Å². The van der Waals surface area contributed by atoms with Crippen molar-refractivity contribution in [3.8, 4) is 0 Å². The summed E-state index contributed by atoms with van der Waals surface area (Å²) in [6.07, 6.45) is 1.79. The minimum Gasteiger partial charge on any atom is -0.398 e. The van der Waals surface area contributed by atoms with Crippen LogP contribution in [0.5, 0.6) is 0 Å². The molecule has 0 spiro atoms. The molecule has 0 aliphatic rings. The average Bonchev–Trinajstić information content (AvgIpc) is 2.59. The van der Waals surface area contributed by atoms with E-state index in [9.17, 15) is 0 Å². The second kappa shape index (κ2) is 3.95. The predicted molar refractivity (Wildman–Crippen MR) is 61.9 cm³/mol. The van der Waals surface area contributed by atoms with Gasteiger partial charge in [-0.3, -0.25) is 4.68 Å². The van der Waals surface area contributed by atoms with E-state index in [-0.39, 0.29) is 0 Å². The van der Waals surface area contributed by atoms with E-state index in [0.717, 1.165) is 17.8 Å². The molecular weight excluding hydrogens is 210 g/mol. The molecule has 0 aliphatic carbocycles. The number of nitrogens with zero attached hydrogens (tertiary/aromatic N) is 2. The Bertz CT molecular complexity index is 476. The monoisotopic (exact) mass is 221 g/mol. The van der Waals surface area contributed by atoms with E-state index in [0.29, 0.717) is 10.7 Å². The molecule has 0 aliphatic heterocycles. The number of anilines is 1. The first kappa shape index (κ1) is 10.1. The highest BCUT2D eigenvalue weighted by Gasteiger charge is 2.01. The molecule has 0 unspecified atom stereocenters. The van der Waals surface area contributed by atoms with Crippen LogP contribution in [-0.4, -0.2) is 9.78 Å². The van der Waals surface area contributed by atoms with E-state index >= 15 is 0 Å². The number of nitrogen functional groups attached to an aromatic ring is 1. The van der Waals surface area contributed by atoms with E-state index in [1.807, 2.05) is 35.9 Å². The summed E-state index contributed by atoms with van der Waals surface area (Å²) >= 11 is 5.85. The summed E-state index contributed by atoms with van der Waals surface area (Å²) in [6.45, 7) is 2.74. The lowest BCUT2D eigenvalue weighted by molar-refractivity contribution is 0.665. The highest BCUT2D eigenvalue weighted by atomic mass is 35.5. The van der Waals surface area contributed by atoms with Crippen molar-refractivity contribution in [1.29, 1.82) is 0 Å². The minimum atomic E-state index is 0.593. The Labute approximate surface area is 93.5 Å². The quantitative estimate of drug-likeness (QED) is 0.792. The maximum Gasteiger partial charge on any atom is 0.0663 e. The molecule has 1 aromatic heterocycles. The number of hydrogen-bond acceptors (Lipinski definition) is 2. The van der Waals surface area contributed by atoms with Gasteiger partial charge >= 0.3 is 0 Å². The third kappa shape index (κ3) is 2.13. The number of hydrogen-bond donors (Lipinski definition) is 1. The van der Waals surface area contributed by atoms with E-state index in [1.54, 1.807) is 6.20 Å². The standard InChI is InChI=1S/C11H12ClN3/c1-8-4-5-14-15(8)7-9-2-3-10(12)11(13)6-9/h2-6H,7,13H2,1H3. The van der Waals surface area contributed by atoms with E-state index in [4.69, 9.17) is 17.3 Å². The zero-order chi connectivity index (χ0) is 10.8. The van der Waals surface area contributed by atoms with E-state index in [1.165, 1.54) is 0 Å². The normalized spacial score (nSPS) is 10.5. The van der Waals surface area contributed by atoms with Crippen molar-refractivity contribution in [2.24, 2.45) is 0 Å². The fourth-order valence-electron chi connectivity index (χ4n) is 1.43. The largest absolute Gasteiger partial charge is 0.398 e. The molecule has 3 nitrogen and oxygen atoms in total. The smallest absolute Gasteiger partial charge is 0.0663 e. The van der Waals surface area contributed by atoms with Crippen LogP contribution in [0.15, 0.2) is 30.5 Å². The van der Waals surface area contributed by atoms with E-state index < -0.39 is 0 Å². The Morgan fingerprint density at radius 3 is 2.80 bits per heavy atom. The molecule has 78 valence electrons. The van der Waals surface area contributed by atoms with Crippen molar-refractivity contribution >= 4 is 17.3 Å². The van der Waals surface area contributed by atoms with Crippen molar-refractivity contribution < 1.29 is 0 Å². The van der Waals surface area contributed by atoms with Gasteiger partial charge in [0.2, 0.25) is 0 Å². The van der Waals surface area contributed by atoms with E-state index in [2.05, 4.69) is 5.10 Å². The molecule has 1 aromatic carbocycles. The minimum absolute atomic E-state index is 0.593. The van der Waals surface area contributed by atoms with Crippen molar-refractivity contribution in [2.45, 2.75) is 13.5 Å². The lowest BCUT2D eigenvalue weighted by Crippen LogP contribution is -2.03. The molecule has 0 radical (unpaired) electrons. The molecule has 1 heterocycles. The molecule has 0 saturated heterocycles. The fraction of sp³-hybridized carbons (Fsp3) is 0.182. The van der Waals surface area contributed by atoms with Crippen LogP contribution in [0.2, 0.25) is 5.02 Å². The Morgan fingerprint density at radius 2 is 2.20 bits per heavy atom. The number of rotatable bonds is 2. The van der Waals surface area contributed by atoms with Gasteiger partial charge < -0.3 is 5.73 Å². The summed E-state index contributed by atoms with van der Waals surface area (Å²) in [5.41, 5.74) is 8.57. The van der Waals surface area contributed by atoms with Gasteiger partial charge in [0, 0.05) is 11.9 Å². The molecule has 0 fully saturated rings. The lowest BCUT2D eigenvalue weighted by atomic mass is 10.2. The molecular formula is C11H12ClN3. The van der Waals surface area contributed by atoms with Gasteiger partial charge in [-0.25, -0.2) is 0 Å². The topological polar surface area (TPSA) is 43.8 Å². The lowest BCUT2D eigenvalue weighted by Gasteiger charge is -2.06. The maximum absolute atomic E-state index is 5.85. The van der Waals surface area contributed by atoms with Crippen LogP contribution >= 0.6 is 11.6 Å². The van der Waals surface area contributed by atoms with Crippen LogP contribution in [0.4, 0.5) is 5.69 Å². The van der Waals surface area contributed by atoms with Gasteiger partial charge in [0.1, 0.15) is 0 Å². The van der Waals surface area contributed by atoms with Crippen LogP contribution < -0.4 is 5.73 Å². The van der Waals surface area contributed by atoms with Crippen molar-refractivity contribution in [3.63, 3.8) is 0 Å². The van der Waals surface area contributed by atoms with Crippen LogP contribution in [0, 0.1) is 6.92 Å². The molecule has 0 amide bonds. The zero-order valence-corrected chi connectivity index (χ0v) is 9.20. The SMILES string of the molecule is Cc1ccnn1Cc1ccc(Cl)c(N)c1. The van der Waals surface area contributed by atoms with Crippen molar-refractivity contribution in [2.75, 3.05) is 5.73 Å². The third-order valence-corrected chi connectivity index (χ3v) is 2.67. The van der Waals surface area contributed by atoms with Crippen LogP contribution in [0.1, 0.15) is 11.3 Å². The summed E-state index contributed by atoms with van der Waals surface area (Å²) < 4.78 is 1.92. The fourth-order valence-corrected chi connectivity index (χ4v) is 1.55. The Balaban J connectivity index is 2.25. The summed E-state index contributed by atoms with van der Waals surface area (Å²) in [7, 11) is 0. The Kier molecular flexibility index (Phi) is 2.64. The first-order valence-electron chi connectivity index (χ1n) is 4.69. The number of nitrogens with two attached hydrogens (primary N) is 1. The maximum atomic E-state index is 5.85. The number of aryl methyl sites for hydroxylation is 1. The molecule has 2 N–H and O–H groups in total. The average molecular weight is 222 g/mol. The van der Waals surface area contributed by atoms with Gasteiger partial charge in [-0.1, -0.05) is 17.7 Å². The zero-order valence-electron chi connectivity index (χ0n) is 8.44. The van der Waals surface area contributed by atoms with Crippen molar-refractivity contribution in [1.82, 2.24) is 9.78 Å². The van der Waals surface area contributed by atoms with Gasteiger partial charge in [-0.05, 0) is 30.7 Å². The third-order valence-electron chi connectivity index (χ3n) is 2.32. The molecule has 0 bridgehead atoms. The first-order chi connectivity index (χ1) is 7.16. The second-order valence-electron chi connectivity index (χ2n) is 3.49. The van der Waals surface area contributed by atoms with Gasteiger partial charge in [-0.15, -0.1) is 0 Å². The summed E-state index contributed by atoms with van der Waals surface area (Å²) in [5.74, 6) is 0. The number of halogens is 1. The van der Waals surface area contributed by atoms with Gasteiger partial charge in [-0.2, -0.15) is 5.10 Å². The molecule has 4 heteroatoms. The summed E-state index contributed by atoms with van der Waals surface area (Å²) in [5, 5.41) is 4.80. The highest BCUT2D eigenvalue weighted by Crippen LogP contribution is 2.20. The van der Waals surface area contributed by atoms with Crippen LogP contribution in [-0.2, 0) is 6.54 Å². The molecule has 15 heavy (non-hydrogen) atoms.